The Labute approximate surface area is 137 Å². The quantitative estimate of drug-likeness (QED) is 0.216. The van der Waals surface area contributed by atoms with Gasteiger partial charge in [0.2, 0.25) is 0 Å². The Morgan fingerprint density at radius 1 is 0.727 bits per heavy atom. The minimum absolute atomic E-state index is 0.846. The monoisotopic (exact) mass is 302 g/mol. The highest BCUT2D eigenvalue weighted by molar-refractivity contribution is 5.21. The summed E-state index contributed by atoms with van der Waals surface area (Å²) in [6.45, 7) is 4.12. The third kappa shape index (κ3) is 16.6. The predicted octanol–water partition coefficient (Wildman–Crippen LogP) is 7.20. The van der Waals surface area contributed by atoms with Gasteiger partial charge in [-0.2, -0.15) is 0 Å². The van der Waals surface area contributed by atoms with Crippen molar-refractivity contribution in [1.29, 1.82) is 0 Å². The standard InChI is InChI=1S/C21H34O/c1-3-4-5-6-7-8-9-10-11-12-13-14-15-16-17-18-19-21(2)20-22/h12-20,22H,3-11H2,1-2H3. The zero-order valence-corrected chi connectivity index (χ0v) is 14.5. The Hall–Kier alpha value is -1.50. The molecule has 0 aliphatic rings. The molecule has 0 aromatic rings. The summed E-state index contributed by atoms with van der Waals surface area (Å²) in [6, 6.07) is 0. The van der Waals surface area contributed by atoms with Crippen LogP contribution in [-0.4, -0.2) is 5.11 Å². The van der Waals surface area contributed by atoms with E-state index in [1.165, 1.54) is 57.8 Å². The van der Waals surface area contributed by atoms with E-state index in [0.717, 1.165) is 11.8 Å². The van der Waals surface area contributed by atoms with Crippen molar-refractivity contribution in [3.8, 4) is 0 Å². The average molecular weight is 303 g/mol. The average Bonchev–Trinajstić information content (AvgIpc) is 2.54. The SMILES string of the molecule is CCCCCCCCCCC=CC=CC=CC=CC(C)=CO. The number of hydrogen-bond donors (Lipinski definition) is 1. The summed E-state index contributed by atoms with van der Waals surface area (Å²) in [5.74, 6) is 0. The fourth-order valence-corrected chi connectivity index (χ4v) is 2.08. The van der Waals surface area contributed by atoms with Gasteiger partial charge < -0.3 is 5.11 Å². The van der Waals surface area contributed by atoms with Crippen LogP contribution in [-0.2, 0) is 0 Å². The van der Waals surface area contributed by atoms with E-state index in [0.29, 0.717) is 0 Å². The molecular weight excluding hydrogens is 268 g/mol. The molecule has 0 fully saturated rings. The van der Waals surface area contributed by atoms with E-state index in [4.69, 9.17) is 5.11 Å². The number of unbranched alkanes of at least 4 members (excludes halogenated alkanes) is 8. The van der Waals surface area contributed by atoms with Crippen LogP contribution >= 0.6 is 0 Å². The fraction of sp³-hybridized carbons (Fsp3) is 0.524. The molecule has 0 rings (SSSR count). The first-order valence-corrected chi connectivity index (χ1v) is 8.78. The lowest BCUT2D eigenvalue weighted by Gasteiger charge is -1.99. The summed E-state index contributed by atoms with van der Waals surface area (Å²) < 4.78 is 0. The smallest absolute Gasteiger partial charge is 0.0820 e. The minimum Gasteiger partial charge on any atom is -0.515 e. The van der Waals surface area contributed by atoms with E-state index in [2.05, 4.69) is 25.2 Å². The summed E-state index contributed by atoms with van der Waals surface area (Å²) in [4.78, 5) is 0. The summed E-state index contributed by atoms with van der Waals surface area (Å²) in [7, 11) is 0. The molecule has 0 bridgehead atoms. The second-order valence-corrected chi connectivity index (χ2v) is 5.69. The van der Waals surface area contributed by atoms with E-state index < -0.39 is 0 Å². The van der Waals surface area contributed by atoms with E-state index in [-0.39, 0.29) is 0 Å². The van der Waals surface area contributed by atoms with Crippen molar-refractivity contribution in [2.45, 2.75) is 71.6 Å². The molecule has 0 aliphatic carbocycles. The van der Waals surface area contributed by atoms with E-state index in [1.807, 2.05) is 37.3 Å². The molecule has 1 heteroatoms. The first-order chi connectivity index (χ1) is 10.8. The Kier molecular flexibility index (Phi) is 16.4. The molecular formula is C21H34O. The van der Waals surface area contributed by atoms with Gasteiger partial charge in [0, 0.05) is 0 Å². The van der Waals surface area contributed by atoms with Crippen LogP contribution in [0.25, 0.3) is 0 Å². The van der Waals surface area contributed by atoms with Crippen LogP contribution in [0.15, 0.2) is 60.4 Å². The minimum atomic E-state index is 0.846. The van der Waals surface area contributed by atoms with Gasteiger partial charge in [-0.15, -0.1) is 0 Å². The number of hydrogen-bond acceptors (Lipinski definition) is 1. The maximum absolute atomic E-state index is 8.70. The van der Waals surface area contributed by atoms with E-state index >= 15 is 0 Å². The Morgan fingerprint density at radius 3 is 1.91 bits per heavy atom. The molecule has 0 saturated carbocycles. The molecule has 0 aromatic carbocycles. The van der Waals surface area contributed by atoms with Gasteiger partial charge in [-0.3, -0.25) is 0 Å². The Balaban J connectivity index is 3.45. The third-order valence-electron chi connectivity index (χ3n) is 3.48. The van der Waals surface area contributed by atoms with E-state index in [9.17, 15) is 0 Å². The first kappa shape index (κ1) is 20.5. The van der Waals surface area contributed by atoms with Crippen molar-refractivity contribution in [3.63, 3.8) is 0 Å². The first-order valence-electron chi connectivity index (χ1n) is 8.78. The van der Waals surface area contributed by atoms with Crippen LogP contribution in [0.1, 0.15) is 71.6 Å². The number of aliphatic hydroxyl groups is 1. The van der Waals surface area contributed by atoms with Gasteiger partial charge in [-0.05, 0) is 25.3 Å². The van der Waals surface area contributed by atoms with Gasteiger partial charge in [0.15, 0.2) is 0 Å². The maximum atomic E-state index is 8.70. The zero-order chi connectivity index (χ0) is 16.3. The molecule has 0 heterocycles. The molecule has 1 nitrogen and oxygen atoms in total. The molecule has 124 valence electrons. The number of allylic oxidation sites excluding steroid dienone is 9. The van der Waals surface area contributed by atoms with Crippen molar-refractivity contribution >= 4 is 0 Å². The van der Waals surface area contributed by atoms with Gasteiger partial charge in [-0.25, -0.2) is 0 Å². The number of aliphatic hydroxyl groups excluding tert-OH is 1. The van der Waals surface area contributed by atoms with Crippen LogP contribution in [0.2, 0.25) is 0 Å². The molecule has 0 aromatic heterocycles. The van der Waals surface area contributed by atoms with Gasteiger partial charge in [-0.1, -0.05) is 100 Å². The van der Waals surface area contributed by atoms with Crippen molar-refractivity contribution in [3.05, 3.63) is 60.4 Å². The Bertz CT molecular complexity index is 369. The highest BCUT2D eigenvalue weighted by Gasteiger charge is 1.89. The highest BCUT2D eigenvalue weighted by atomic mass is 16.2. The fourth-order valence-electron chi connectivity index (χ4n) is 2.08. The molecule has 0 unspecified atom stereocenters. The van der Waals surface area contributed by atoms with Crippen molar-refractivity contribution in [2.75, 3.05) is 0 Å². The van der Waals surface area contributed by atoms with E-state index in [1.54, 1.807) is 0 Å². The lowest BCUT2D eigenvalue weighted by molar-refractivity contribution is 0.469. The summed E-state index contributed by atoms with van der Waals surface area (Å²) in [6.07, 6.45) is 29.5. The van der Waals surface area contributed by atoms with Gasteiger partial charge in [0.05, 0.1) is 6.26 Å². The number of rotatable bonds is 13. The molecule has 0 saturated heterocycles. The molecule has 1 N–H and O–H groups in total. The molecule has 0 aliphatic heterocycles. The molecule has 0 spiro atoms. The van der Waals surface area contributed by atoms with Crippen LogP contribution in [0.4, 0.5) is 0 Å². The van der Waals surface area contributed by atoms with Crippen LogP contribution in [0.5, 0.6) is 0 Å². The lowest BCUT2D eigenvalue weighted by atomic mass is 10.1. The summed E-state index contributed by atoms with van der Waals surface area (Å²) in [5, 5.41) is 8.70. The second kappa shape index (κ2) is 17.6. The van der Waals surface area contributed by atoms with Gasteiger partial charge in [0.1, 0.15) is 0 Å². The predicted molar refractivity (Wildman–Crippen MR) is 100 cm³/mol. The van der Waals surface area contributed by atoms with Crippen molar-refractivity contribution in [2.24, 2.45) is 0 Å². The van der Waals surface area contributed by atoms with Crippen LogP contribution in [0, 0.1) is 0 Å². The van der Waals surface area contributed by atoms with Crippen molar-refractivity contribution < 1.29 is 5.11 Å². The molecule has 0 radical (unpaired) electrons. The summed E-state index contributed by atoms with van der Waals surface area (Å²) >= 11 is 0. The van der Waals surface area contributed by atoms with Gasteiger partial charge >= 0.3 is 0 Å². The largest absolute Gasteiger partial charge is 0.515 e. The third-order valence-corrected chi connectivity index (χ3v) is 3.48. The Morgan fingerprint density at radius 2 is 1.27 bits per heavy atom. The van der Waals surface area contributed by atoms with Crippen molar-refractivity contribution in [1.82, 2.24) is 0 Å². The second-order valence-electron chi connectivity index (χ2n) is 5.69. The summed E-state index contributed by atoms with van der Waals surface area (Å²) in [5.41, 5.74) is 0.846. The zero-order valence-electron chi connectivity index (χ0n) is 14.5. The van der Waals surface area contributed by atoms with Gasteiger partial charge in [0.25, 0.3) is 0 Å². The topological polar surface area (TPSA) is 20.2 Å². The maximum Gasteiger partial charge on any atom is 0.0820 e. The molecule has 0 atom stereocenters. The molecule has 22 heavy (non-hydrogen) atoms. The normalized spacial score (nSPS) is 13.5. The lowest BCUT2D eigenvalue weighted by Crippen LogP contribution is -1.79. The van der Waals surface area contributed by atoms with Crippen LogP contribution in [0.3, 0.4) is 0 Å². The highest BCUT2D eigenvalue weighted by Crippen LogP contribution is 2.09. The molecule has 0 amide bonds. The van der Waals surface area contributed by atoms with Crippen LogP contribution < -0.4 is 0 Å².